The molecule has 0 aliphatic heterocycles. The molecular formula is C15H16BrFN2. The zero-order valence-corrected chi connectivity index (χ0v) is 12.5. The molecule has 1 aromatic carbocycles. The van der Waals surface area contributed by atoms with Gasteiger partial charge in [-0.15, -0.1) is 0 Å². The first kappa shape index (κ1) is 12.9. The van der Waals surface area contributed by atoms with E-state index in [1.54, 1.807) is 6.07 Å². The van der Waals surface area contributed by atoms with E-state index in [1.165, 1.54) is 30.3 Å². The van der Waals surface area contributed by atoms with Crippen molar-refractivity contribution in [2.45, 2.75) is 39.2 Å². The lowest BCUT2D eigenvalue weighted by molar-refractivity contribution is 0.606. The molecule has 100 valence electrons. The predicted molar refractivity (Wildman–Crippen MR) is 76.8 cm³/mol. The third-order valence-electron chi connectivity index (χ3n) is 3.78. The Balaban J connectivity index is 1.99. The van der Waals surface area contributed by atoms with Crippen LogP contribution in [-0.4, -0.2) is 9.55 Å². The highest BCUT2D eigenvalue weighted by Crippen LogP contribution is 2.26. The molecule has 4 heteroatoms. The first-order chi connectivity index (χ1) is 9.16. The van der Waals surface area contributed by atoms with Gasteiger partial charge in [-0.25, -0.2) is 9.37 Å². The third-order valence-corrected chi connectivity index (χ3v) is 4.67. The van der Waals surface area contributed by atoms with Gasteiger partial charge in [0.05, 0.1) is 16.7 Å². The monoisotopic (exact) mass is 322 g/mol. The zero-order valence-electron chi connectivity index (χ0n) is 10.9. The Labute approximate surface area is 120 Å². The van der Waals surface area contributed by atoms with Crippen molar-refractivity contribution in [2.24, 2.45) is 0 Å². The number of benzene rings is 1. The second-order valence-corrected chi connectivity index (χ2v) is 5.85. The highest BCUT2D eigenvalue weighted by Gasteiger charge is 2.18. The molecule has 0 radical (unpaired) electrons. The van der Waals surface area contributed by atoms with Crippen molar-refractivity contribution in [1.29, 1.82) is 0 Å². The summed E-state index contributed by atoms with van der Waals surface area (Å²) in [5.41, 5.74) is 3.53. The summed E-state index contributed by atoms with van der Waals surface area (Å²) in [6.07, 6.45) is 4.62. The van der Waals surface area contributed by atoms with Gasteiger partial charge in [0.1, 0.15) is 11.6 Å². The topological polar surface area (TPSA) is 17.8 Å². The molecule has 1 aromatic heterocycles. The average molecular weight is 323 g/mol. The number of rotatable bonds is 2. The highest BCUT2D eigenvalue weighted by atomic mass is 79.9. The lowest BCUT2D eigenvalue weighted by Gasteiger charge is -2.15. The number of nitrogens with zero attached hydrogens (tertiary/aromatic N) is 2. The van der Waals surface area contributed by atoms with Crippen LogP contribution in [0.15, 0.2) is 22.7 Å². The fourth-order valence-electron chi connectivity index (χ4n) is 2.79. The third kappa shape index (κ3) is 2.34. The van der Waals surface area contributed by atoms with Crippen LogP contribution in [0.3, 0.4) is 0 Å². The number of aromatic nitrogens is 2. The van der Waals surface area contributed by atoms with Crippen LogP contribution in [0.1, 0.15) is 35.6 Å². The van der Waals surface area contributed by atoms with E-state index >= 15 is 0 Å². The van der Waals surface area contributed by atoms with Crippen LogP contribution in [0, 0.1) is 12.7 Å². The second kappa shape index (κ2) is 5.08. The number of halogens is 2. The number of fused-ring (bicyclic) bond motifs is 1. The zero-order chi connectivity index (χ0) is 13.4. The van der Waals surface area contributed by atoms with Crippen molar-refractivity contribution < 1.29 is 4.39 Å². The molecule has 0 spiro atoms. The van der Waals surface area contributed by atoms with E-state index in [2.05, 4.69) is 25.5 Å². The average Bonchev–Trinajstić information content (AvgIpc) is 2.72. The summed E-state index contributed by atoms with van der Waals surface area (Å²) in [5, 5.41) is 0. The minimum atomic E-state index is -0.205. The standard InChI is InChI=1S/C15H16BrFN2/c1-10-18-13-7-2-3-8-14(13)19(10)9-11-5-4-6-12(17)15(11)16/h4-6H,2-3,7-9H2,1H3. The SMILES string of the molecule is Cc1nc2c(n1Cc1cccc(F)c1Br)CCCC2. The maximum atomic E-state index is 13.6. The van der Waals surface area contributed by atoms with Gasteiger partial charge in [-0.2, -0.15) is 0 Å². The molecule has 1 aliphatic carbocycles. The van der Waals surface area contributed by atoms with E-state index < -0.39 is 0 Å². The van der Waals surface area contributed by atoms with Crippen LogP contribution in [0.2, 0.25) is 0 Å². The van der Waals surface area contributed by atoms with Gasteiger partial charge in [-0.1, -0.05) is 12.1 Å². The highest BCUT2D eigenvalue weighted by molar-refractivity contribution is 9.10. The summed E-state index contributed by atoms with van der Waals surface area (Å²) in [4.78, 5) is 4.65. The van der Waals surface area contributed by atoms with E-state index in [4.69, 9.17) is 0 Å². The normalized spacial score (nSPS) is 14.5. The predicted octanol–water partition coefficient (Wildman–Crippen LogP) is 4.02. The quantitative estimate of drug-likeness (QED) is 0.816. The Bertz CT molecular complexity index is 619. The molecule has 2 nitrogen and oxygen atoms in total. The Hall–Kier alpha value is -1.16. The largest absolute Gasteiger partial charge is 0.328 e. The maximum Gasteiger partial charge on any atom is 0.137 e. The van der Waals surface area contributed by atoms with Crippen molar-refractivity contribution in [3.63, 3.8) is 0 Å². The van der Waals surface area contributed by atoms with Crippen molar-refractivity contribution in [2.75, 3.05) is 0 Å². The minimum absolute atomic E-state index is 0.205. The summed E-state index contributed by atoms with van der Waals surface area (Å²) >= 11 is 3.34. The van der Waals surface area contributed by atoms with Gasteiger partial charge in [-0.3, -0.25) is 0 Å². The molecule has 0 bridgehead atoms. The Morgan fingerprint density at radius 3 is 2.95 bits per heavy atom. The fraction of sp³-hybridized carbons (Fsp3) is 0.400. The van der Waals surface area contributed by atoms with Crippen molar-refractivity contribution in [3.8, 4) is 0 Å². The van der Waals surface area contributed by atoms with Gasteiger partial charge in [0, 0.05) is 5.69 Å². The molecular weight excluding hydrogens is 307 g/mol. The van der Waals surface area contributed by atoms with Crippen LogP contribution < -0.4 is 0 Å². The van der Waals surface area contributed by atoms with E-state index in [0.29, 0.717) is 11.0 Å². The second-order valence-electron chi connectivity index (χ2n) is 5.06. The Kier molecular flexibility index (Phi) is 3.44. The van der Waals surface area contributed by atoms with Gasteiger partial charge >= 0.3 is 0 Å². The lowest BCUT2D eigenvalue weighted by Crippen LogP contribution is -2.10. The summed E-state index contributed by atoms with van der Waals surface area (Å²) in [6.45, 7) is 2.72. The summed E-state index contributed by atoms with van der Waals surface area (Å²) in [7, 11) is 0. The molecule has 0 unspecified atom stereocenters. The lowest BCUT2D eigenvalue weighted by atomic mass is 10.0. The molecule has 0 N–H and O–H groups in total. The molecule has 3 rings (SSSR count). The maximum absolute atomic E-state index is 13.6. The minimum Gasteiger partial charge on any atom is -0.328 e. The number of imidazole rings is 1. The molecule has 1 aliphatic rings. The van der Waals surface area contributed by atoms with E-state index in [9.17, 15) is 4.39 Å². The first-order valence-electron chi connectivity index (χ1n) is 6.64. The molecule has 0 atom stereocenters. The van der Waals surface area contributed by atoms with Crippen molar-refractivity contribution >= 4 is 15.9 Å². The van der Waals surface area contributed by atoms with Crippen LogP contribution in [-0.2, 0) is 19.4 Å². The van der Waals surface area contributed by atoms with E-state index in [-0.39, 0.29) is 5.82 Å². The van der Waals surface area contributed by atoms with Gasteiger partial charge in [0.25, 0.3) is 0 Å². The first-order valence-corrected chi connectivity index (χ1v) is 7.44. The smallest absolute Gasteiger partial charge is 0.137 e. The van der Waals surface area contributed by atoms with Crippen LogP contribution in [0.5, 0.6) is 0 Å². The van der Waals surface area contributed by atoms with Gasteiger partial charge in [-0.05, 0) is 60.2 Å². The van der Waals surface area contributed by atoms with Crippen molar-refractivity contribution in [3.05, 3.63) is 51.3 Å². The molecule has 19 heavy (non-hydrogen) atoms. The fourth-order valence-corrected chi connectivity index (χ4v) is 3.18. The summed E-state index contributed by atoms with van der Waals surface area (Å²) in [5.74, 6) is 0.826. The molecule has 1 heterocycles. The van der Waals surface area contributed by atoms with Gasteiger partial charge in [0.15, 0.2) is 0 Å². The van der Waals surface area contributed by atoms with Gasteiger partial charge in [0.2, 0.25) is 0 Å². The Morgan fingerprint density at radius 1 is 1.32 bits per heavy atom. The van der Waals surface area contributed by atoms with Crippen LogP contribution in [0.25, 0.3) is 0 Å². The molecule has 0 amide bonds. The van der Waals surface area contributed by atoms with E-state index in [0.717, 1.165) is 24.2 Å². The molecule has 0 saturated heterocycles. The summed E-state index contributed by atoms with van der Waals surface area (Å²) in [6, 6.07) is 5.19. The van der Waals surface area contributed by atoms with Crippen LogP contribution in [0.4, 0.5) is 4.39 Å². The van der Waals surface area contributed by atoms with Gasteiger partial charge < -0.3 is 4.57 Å². The summed E-state index contributed by atoms with van der Waals surface area (Å²) < 4.78 is 16.4. The molecule has 0 saturated carbocycles. The van der Waals surface area contributed by atoms with Crippen LogP contribution >= 0.6 is 15.9 Å². The Morgan fingerprint density at radius 2 is 2.11 bits per heavy atom. The number of hydrogen-bond donors (Lipinski definition) is 0. The number of hydrogen-bond acceptors (Lipinski definition) is 1. The molecule has 0 fully saturated rings. The van der Waals surface area contributed by atoms with E-state index in [1.807, 2.05) is 13.0 Å². The molecule has 2 aromatic rings. The number of aryl methyl sites for hydroxylation is 2. The van der Waals surface area contributed by atoms with Crippen molar-refractivity contribution in [1.82, 2.24) is 9.55 Å².